The van der Waals surface area contributed by atoms with Crippen LogP contribution in [0.2, 0.25) is 0 Å². The molecule has 1 aliphatic heterocycles. The van der Waals surface area contributed by atoms with E-state index in [-0.39, 0.29) is 11.9 Å². The van der Waals surface area contributed by atoms with E-state index < -0.39 is 5.67 Å². The molecule has 0 saturated heterocycles. The number of hydrogen-bond donors (Lipinski definition) is 1. The van der Waals surface area contributed by atoms with Gasteiger partial charge in [-0.1, -0.05) is 36.0 Å². The average Bonchev–Trinajstić information content (AvgIpc) is 3.01. The molecule has 5 rings (SSSR count). The first-order valence-electron chi connectivity index (χ1n) is 11.4. The minimum atomic E-state index is -1.13. The van der Waals surface area contributed by atoms with Crippen LogP contribution in [0.3, 0.4) is 0 Å². The summed E-state index contributed by atoms with van der Waals surface area (Å²) in [7, 11) is 1.59. The van der Waals surface area contributed by atoms with Crippen molar-refractivity contribution in [2.24, 2.45) is 4.99 Å². The van der Waals surface area contributed by atoms with Gasteiger partial charge in [0.15, 0.2) is 0 Å². The lowest BCUT2D eigenvalue weighted by Crippen LogP contribution is -2.40. The SMILES string of the molecule is COc1cccc(C2=Nc3cc(C(=O)NC4CCC(C)(F)CC4)ccc3Sc3ccccc32)n1. The van der Waals surface area contributed by atoms with Crippen LogP contribution in [0.25, 0.3) is 0 Å². The number of carbonyl (C=O) groups is 1. The average molecular weight is 476 g/mol. The van der Waals surface area contributed by atoms with Crippen molar-refractivity contribution >= 4 is 29.1 Å². The molecule has 1 aromatic heterocycles. The molecule has 174 valence electrons. The van der Waals surface area contributed by atoms with E-state index >= 15 is 0 Å². The maximum absolute atomic E-state index is 14.1. The molecule has 0 unspecified atom stereocenters. The second-order valence-corrected chi connectivity index (χ2v) is 10.1. The van der Waals surface area contributed by atoms with Crippen LogP contribution in [-0.4, -0.2) is 35.4 Å². The van der Waals surface area contributed by atoms with Gasteiger partial charge in [0.05, 0.1) is 24.2 Å². The highest BCUT2D eigenvalue weighted by Gasteiger charge is 2.31. The molecule has 2 heterocycles. The lowest BCUT2D eigenvalue weighted by molar-refractivity contribution is 0.0850. The van der Waals surface area contributed by atoms with Crippen molar-refractivity contribution in [2.75, 3.05) is 7.11 Å². The van der Waals surface area contributed by atoms with Gasteiger partial charge in [-0.15, -0.1) is 0 Å². The van der Waals surface area contributed by atoms with Crippen LogP contribution in [0.4, 0.5) is 10.1 Å². The lowest BCUT2D eigenvalue weighted by Gasteiger charge is -2.31. The van der Waals surface area contributed by atoms with E-state index in [1.165, 1.54) is 0 Å². The molecule has 2 aromatic carbocycles. The number of carbonyl (C=O) groups excluding carboxylic acids is 1. The molecule has 1 fully saturated rings. The number of pyridine rings is 1. The van der Waals surface area contributed by atoms with E-state index in [2.05, 4.69) is 16.4 Å². The first kappa shape index (κ1) is 22.6. The zero-order valence-electron chi connectivity index (χ0n) is 19.2. The maximum atomic E-state index is 14.1. The smallest absolute Gasteiger partial charge is 0.251 e. The van der Waals surface area contributed by atoms with Crippen molar-refractivity contribution in [1.29, 1.82) is 0 Å². The van der Waals surface area contributed by atoms with E-state index in [4.69, 9.17) is 9.73 Å². The molecule has 34 heavy (non-hydrogen) atoms. The van der Waals surface area contributed by atoms with Gasteiger partial charge in [0, 0.05) is 33.0 Å². The van der Waals surface area contributed by atoms with Crippen LogP contribution in [0.1, 0.15) is 54.2 Å². The summed E-state index contributed by atoms with van der Waals surface area (Å²) in [5.41, 5.74) is 2.54. The van der Waals surface area contributed by atoms with Crippen molar-refractivity contribution in [3.05, 3.63) is 77.5 Å². The number of rotatable bonds is 4. The minimum absolute atomic E-state index is 0.00573. The molecule has 1 aliphatic carbocycles. The Hall–Kier alpha value is -3.19. The molecule has 1 saturated carbocycles. The zero-order valence-corrected chi connectivity index (χ0v) is 20.0. The summed E-state index contributed by atoms with van der Waals surface area (Å²) in [6, 6.07) is 19.3. The van der Waals surface area contributed by atoms with Crippen LogP contribution in [0, 0.1) is 0 Å². The van der Waals surface area contributed by atoms with E-state index in [0.29, 0.717) is 48.5 Å². The number of alkyl halides is 1. The number of hydrogen-bond acceptors (Lipinski definition) is 5. The Kier molecular flexibility index (Phi) is 6.13. The summed E-state index contributed by atoms with van der Waals surface area (Å²) in [4.78, 5) is 24.6. The first-order valence-corrected chi connectivity index (χ1v) is 12.2. The fourth-order valence-corrected chi connectivity index (χ4v) is 5.37. The number of methoxy groups -OCH3 is 1. The standard InChI is InChI=1S/C27H26FN3O2S/c1-27(28)14-12-18(13-15-27)29-26(32)17-10-11-23-21(16-17)31-25(19-6-3-4-8-22(19)34-23)20-7-5-9-24(30-20)33-2/h3-11,16,18H,12-15H2,1-2H3,(H,29,32). The Balaban J connectivity index is 1.49. The molecule has 0 atom stereocenters. The summed E-state index contributed by atoms with van der Waals surface area (Å²) in [6.45, 7) is 1.64. The van der Waals surface area contributed by atoms with Gasteiger partial charge in [-0.3, -0.25) is 4.79 Å². The van der Waals surface area contributed by atoms with Crippen molar-refractivity contribution in [3.8, 4) is 5.88 Å². The molecule has 3 aromatic rings. The Labute approximate surface area is 202 Å². The van der Waals surface area contributed by atoms with E-state index in [1.54, 1.807) is 31.9 Å². The monoisotopic (exact) mass is 475 g/mol. The van der Waals surface area contributed by atoms with Crippen molar-refractivity contribution in [1.82, 2.24) is 10.3 Å². The Morgan fingerprint density at radius 2 is 1.88 bits per heavy atom. The predicted octanol–water partition coefficient (Wildman–Crippen LogP) is 6.12. The van der Waals surface area contributed by atoms with Crippen molar-refractivity contribution < 1.29 is 13.9 Å². The van der Waals surface area contributed by atoms with Gasteiger partial charge in [-0.25, -0.2) is 14.4 Å². The van der Waals surface area contributed by atoms with E-state index in [1.807, 2.05) is 48.5 Å². The number of benzene rings is 2. The lowest BCUT2D eigenvalue weighted by atomic mass is 9.85. The van der Waals surface area contributed by atoms with Crippen LogP contribution < -0.4 is 10.1 Å². The van der Waals surface area contributed by atoms with Gasteiger partial charge in [0.2, 0.25) is 5.88 Å². The van der Waals surface area contributed by atoms with Crippen LogP contribution >= 0.6 is 11.8 Å². The van der Waals surface area contributed by atoms with Gasteiger partial charge >= 0.3 is 0 Å². The number of halogens is 1. The number of aromatic nitrogens is 1. The number of nitrogens with zero attached hydrogens (tertiary/aromatic N) is 2. The zero-order chi connectivity index (χ0) is 23.7. The molecule has 7 heteroatoms. The second-order valence-electron chi connectivity index (χ2n) is 8.97. The number of aliphatic imine (C=N–C) groups is 1. The summed E-state index contributed by atoms with van der Waals surface area (Å²) in [5.74, 6) is 0.359. The summed E-state index contributed by atoms with van der Waals surface area (Å²) in [5, 5.41) is 3.08. The maximum Gasteiger partial charge on any atom is 0.251 e. The molecule has 0 radical (unpaired) electrons. The molecule has 1 amide bonds. The first-order chi connectivity index (χ1) is 16.4. The normalized spacial score (nSPS) is 21.5. The molecule has 0 bridgehead atoms. The fraction of sp³-hybridized carbons (Fsp3) is 0.296. The third-order valence-electron chi connectivity index (χ3n) is 6.35. The third kappa shape index (κ3) is 4.71. The van der Waals surface area contributed by atoms with Gasteiger partial charge in [0.25, 0.3) is 5.91 Å². The highest BCUT2D eigenvalue weighted by Crippen LogP contribution is 2.41. The Morgan fingerprint density at radius 3 is 2.68 bits per heavy atom. The van der Waals surface area contributed by atoms with Crippen LogP contribution in [0.5, 0.6) is 5.88 Å². The van der Waals surface area contributed by atoms with Crippen molar-refractivity contribution in [2.45, 2.75) is 54.1 Å². The highest BCUT2D eigenvalue weighted by atomic mass is 32.2. The van der Waals surface area contributed by atoms with Crippen molar-refractivity contribution in [3.63, 3.8) is 0 Å². The van der Waals surface area contributed by atoms with Gasteiger partial charge in [-0.05, 0) is 62.9 Å². The fourth-order valence-electron chi connectivity index (χ4n) is 4.37. The highest BCUT2D eigenvalue weighted by molar-refractivity contribution is 7.99. The minimum Gasteiger partial charge on any atom is -0.481 e. The predicted molar refractivity (Wildman–Crippen MR) is 132 cm³/mol. The Bertz CT molecular complexity index is 1260. The quantitative estimate of drug-likeness (QED) is 0.386. The molecule has 2 aliphatic rings. The Morgan fingerprint density at radius 1 is 1.09 bits per heavy atom. The van der Waals surface area contributed by atoms with E-state index in [9.17, 15) is 9.18 Å². The van der Waals surface area contributed by atoms with Gasteiger partial charge < -0.3 is 10.1 Å². The van der Waals surface area contributed by atoms with Gasteiger partial charge in [0.1, 0.15) is 5.67 Å². The van der Waals surface area contributed by atoms with Gasteiger partial charge in [-0.2, -0.15) is 0 Å². The summed E-state index contributed by atoms with van der Waals surface area (Å²) >= 11 is 1.62. The van der Waals surface area contributed by atoms with E-state index in [0.717, 1.165) is 21.1 Å². The molecule has 0 spiro atoms. The second kappa shape index (κ2) is 9.22. The van der Waals surface area contributed by atoms with Crippen LogP contribution in [0.15, 0.2) is 75.4 Å². The molecule has 5 nitrogen and oxygen atoms in total. The number of amides is 1. The largest absolute Gasteiger partial charge is 0.481 e. The molecule has 1 N–H and O–H groups in total. The number of nitrogens with one attached hydrogen (secondary N) is 1. The van der Waals surface area contributed by atoms with Crippen LogP contribution in [-0.2, 0) is 0 Å². The molecular weight excluding hydrogens is 449 g/mol. The summed E-state index contributed by atoms with van der Waals surface area (Å²) in [6.07, 6.45) is 2.24. The third-order valence-corrected chi connectivity index (χ3v) is 7.50. The molecular formula is C27H26FN3O2S. The number of ether oxygens (including phenoxy) is 1. The number of fused-ring (bicyclic) bond motifs is 2. The topological polar surface area (TPSA) is 63.6 Å². The summed E-state index contributed by atoms with van der Waals surface area (Å²) < 4.78 is 19.4.